The highest BCUT2D eigenvalue weighted by molar-refractivity contribution is 5.77. The van der Waals surface area contributed by atoms with Gasteiger partial charge in [0.15, 0.2) is 0 Å². The molecule has 0 aromatic rings. The van der Waals surface area contributed by atoms with Crippen LogP contribution in [0.1, 0.15) is 19.8 Å². The molecule has 0 aromatic heterocycles. The fraction of sp³-hybridized carbons (Fsp3) is 0.833. The average molecular weight is 129 g/mol. The molecule has 0 spiro atoms. The maximum atomic E-state index is 10.4. The number of hydrogen-bond donors (Lipinski definition) is 1. The van der Waals surface area contributed by atoms with E-state index in [-0.39, 0.29) is 12.5 Å². The number of amides is 1. The van der Waals surface area contributed by atoms with Crippen LogP contribution in [0.15, 0.2) is 0 Å². The third-order valence-electron chi connectivity index (χ3n) is 1.01. The maximum absolute atomic E-state index is 10.4. The van der Waals surface area contributed by atoms with Gasteiger partial charge < -0.3 is 5.32 Å². The summed E-state index contributed by atoms with van der Waals surface area (Å²) in [4.78, 5) is 10.4. The summed E-state index contributed by atoms with van der Waals surface area (Å²) in [7, 11) is 0. The smallest absolute Gasteiger partial charge is 0.235 e. The summed E-state index contributed by atoms with van der Waals surface area (Å²) in [6.45, 7) is 2.63. The number of carbonyl (C=O) groups excluding carboxylic acids is 1. The molecule has 0 saturated carbocycles. The minimum Gasteiger partial charge on any atom is -0.355 e. The predicted molar refractivity (Wildman–Crippen MR) is 35.9 cm³/mol. The Labute approximate surface area is 55.6 Å². The minimum absolute atomic E-state index is 0.149. The van der Waals surface area contributed by atoms with E-state index in [9.17, 15) is 4.79 Å². The average Bonchev–Trinajstić information content (AvgIpc) is 1.89. The van der Waals surface area contributed by atoms with Gasteiger partial charge in [-0.15, -0.1) is 0 Å². The molecule has 0 aliphatic rings. The molecule has 1 amide bonds. The number of nitrogens with one attached hydrogen (secondary N) is 2. The Morgan fingerprint density at radius 2 is 2.33 bits per heavy atom. The quantitative estimate of drug-likeness (QED) is 0.541. The summed E-state index contributed by atoms with van der Waals surface area (Å²) in [5.74, 6) is -0.177. The van der Waals surface area contributed by atoms with Crippen molar-refractivity contribution < 1.29 is 4.79 Å². The van der Waals surface area contributed by atoms with Gasteiger partial charge in [0.2, 0.25) is 5.91 Å². The number of hydrogen-bond acceptors (Lipinski definition) is 1. The van der Waals surface area contributed by atoms with Crippen LogP contribution in [0.3, 0.4) is 0 Å². The molecule has 0 aliphatic carbocycles. The van der Waals surface area contributed by atoms with Crippen molar-refractivity contribution >= 4 is 5.91 Å². The highest BCUT2D eigenvalue weighted by atomic mass is 16.1. The zero-order chi connectivity index (χ0) is 7.11. The van der Waals surface area contributed by atoms with E-state index in [0.29, 0.717) is 6.54 Å². The first-order valence-electron chi connectivity index (χ1n) is 3.22. The summed E-state index contributed by atoms with van der Waals surface area (Å²) in [6.07, 6.45) is 2.09. The van der Waals surface area contributed by atoms with Crippen molar-refractivity contribution in [1.29, 1.82) is 0 Å². The van der Waals surface area contributed by atoms with E-state index in [1.807, 2.05) is 0 Å². The molecule has 0 rings (SSSR count). The van der Waals surface area contributed by atoms with Gasteiger partial charge in [-0.3, -0.25) is 4.79 Å². The van der Waals surface area contributed by atoms with Crippen molar-refractivity contribution in [2.24, 2.45) is 0 Å². The van der Waals surface area contributed by atoms with Crippen molar-refractivity contribution in [3.8, 4) is 0 Å². The highest BCUT2D eigenvalue weighted by Crippen LogP contribution is 1.81. The Kier molecular flexibility index (Phi) is 5.21. The van der Waals surface area contributed by atoms with Gasteiger partial charge in [-0.1, -0.05) is 13.3 Å². The molecule has 0 atom stereocenters. The molecule has 0 aliphatic heterocycles. The van der Waals surface area contributed by atoms with Gasteiger partial charge in [0, 0.05) is 6.54 Å². The number of unbranched alkanes of at least 4 members (excludes halogenated alkanes) is 1. The van der Waals surface area contributed by atoms with Crippen LogP contribution in [0.5, 0.6) is 0 Å². The molecule has 0 aromatic carbocycles. The van der Waals surface area contributed by atoms with Crippen molar-refractivity contribution in [2.45, 2.75) is 19.8 Å². The fourth-order valence-electron chi connectivity index (χ4n) is 0.467. The first-order chi connectivity index (χ1) is 4.31. The molecule has 0 saturated heterocycles. The Hall–Kier alpha value is -0.570. The van der Waals surface area contributed by atoms with Gasteiger partial charge >= 0.3 is 0 Å². The lowest BCUT2D eigenvalue weighted by Gasteiger charge is -1.98. The molecule has 0 unspecified atom stereocenters. The van der Waals surface area contributed by atoms with Crippen LogP contribution < -0.4 is 11.1 Å². The third kappa shape index (κ3) is 5.30. The predicted octanol–water partition coefficient (Wildman–Crippen LogP) is 0.186. The second kappa shape index (κ2) is 5.56. The highest BCUT2D eigenvalue weighted by Gasteiger charge is 1.92. The zero-order valence-corrected chi connectivity index (χ0v) is 5.74. The van der Waals surface area contributed by atoms with Crippen LogP contribution >= 0.6 is 0 Å². The second-order valence-electron chi connectivity index (χ2n) is 1.88. The summed E-state index contributed by atoms with van der Waals surface area (Å²) >= 11 is 0. The van der Waals surface area contributed by atoms with E-state index in [0.717, 1.165) is 12.8 Å². The van der Waals surface area contributed by atoms with Crippen LogP contribution in [-0.2, 0) is 4.79 Å². The van der Waals surface area contributed by atoms with Gasteiger partial charge in [-0.2, -0.15) is 0 Å². The van der Waals surface area contributed by atoms with Gasteiger partial charge in [-0.05, 0) is 6.42 Å². The van der Waals surface area contributed by atoms with E-state index in [2.05, 4.69) is 12.2 Å². The van der Waals surface area contributed by atoms with Crippen molar-refractivity contribution in [3.05, 3.63) is 0 Å². The fourth-order valence-corrected chi connectivity index (χ4v) is 0.467. The van der Waals surface area contributed by atoms with Crippen LogP contribution in [0.25, 0.3) is 0 Å². The lowest BCUT2D eigenvalue weighted by Crippen LogP contribution is -2.27. The number of rotatable bonds is 4. The normalized spacial score (nSPS) is 9.11. The lowest BCUT2D eigenvalue weighted by molar-refractivity contribution is -0.119. The minimum atomic E-state index is -0.177. The van der Waals surface area contributed by atoms with E-state index in [1.165, 1.54) is 0 Å². The molecule has 9 heavy (non-hydrogen) atoms. The molecule has 53 valence electrons. The lowest BCUT2D eigenvalue weighted by atomic mass is 10.3. The first-order valence-corrected chi connectivity index (χ1v) is 3.22. The SMILES string of the molecule is CCCCNC(=O)C[NH]. The third-order valence-corrected chi connectivity index (χ3v) is 1.01. The van der Waals surface area contributed by atoms with Crippen molar-refractivity contribution in [1.82, 2.24) is 11.1 Å². The van der Waals surface area contributed by atoms with Crippen molar-refractivity contribution in [2.75, 3.05) is 13.1 Å². The summed E-state index contributed by atoms with van der Waals surface area (Å²) < 4.78 is 0. The summed E-state index contributed by atoms with van der Waals surface area (Å²) in [6, 6.07) is 0. The van der Waals surface area contributed by atoms with Gasteiger partial charge in [0.25, 0.3) is 0 Å². The Morgan fingerprint density at radius 1 is 1.67 bits per heavy atom. The Bertz CT molecular complexity index is 83.1. The van der Waals surface area contributed by atoms with E-state index >= 15 is 0 Å². The molecule has 0 heterocycles. The van der Waals surface area contributed by atoms with Gasteiger partial charge in [0.05, 0.1) is 6.54 Å². The molecule has 2 N–H and O–H groups in total. The Balaban J connectivity index is 2.97. The Morgan fingerprint density at radius 3 is 2.78 bits per heavy atom. The van der Waals surface area contributed by atoms with Crippen molar-refractivity contribution in [3.63, 3.8) is 0 Å². The molecular weight excluding hydrogens is 116 g/mol. The van der Waals surface area contributed by atoms with E-state index < -0.39 is 0 Å². The standard InChI is InChI=1S/C6H13N2O/c1-2-3-4-8-6(9)5-7/h7H,2-5H2,1H3,(H,8,9). The molecule has 0 bridgehead atoms. The monoisotopic (exact) mass is 129 g/mol. The number of carbonyl (C=O) groups is 1. The van der Waals surface area contributed by atoms with Crippen LogP contribution in [0.4, 0.5) is 0 Å². The maximum Gasteiger partial charge on any atom is 0.235 e. The van der Waals surface area contributed by atoms with Gasteiger partial charge in [-0.25, -0.2) is 5.73 Å². The summed E-state index contributed by atoms with van der Waals surface area (Å²) in [5.41, 5.74) is 6.63. The van der Waals surface area contributed by atoms with E-state index in [4.69, 9.17) is 5.73 Å². The van der Waals surface area contributed by atoms with Gasteiger partial charge in [0.1, 0.15) is 0 Å². The first kappa shape index (κ1) is 8.43. The van der Waals surface area contributed by atoms with Crippen LogP contribution in [-0.4, -0.2) is 19.0 Å². The second-order valence-corrected chi connectivity index (χ2v) is 1.88. The van der Waals surface area contributed by atoms with Crippen LogP contribution in [0.2, 0.25) is 0 Å². The molecule has 1 radical (unpaired) electrons. The molecule has 3 nitrogen and oxygen atoms in total. The molecular formula is C6H13N2O. The zero-order valence-electron chi connectivity index (χ0n) is 5.74. The van der Waals surface area contributed by atoms with Crippen LogP contribution in [0, 0.1) is 0 Å². The van der Waals surface area contributed by atoms with E-state index in [1.54, 1.807) is 0 Å². The molecule has 0 fully saturated rings. The topological polar surface area (TPSA) is 52.9 Å². The largest absolute Gasteiger partial charge is 0.355 e. The molecule has 3 heteroatoms. The summed E-state index contributed by atoms with van der Waals surface area (Å²) in [5, 5.41) is 2.61.